The Morgan fingerprint density at radius 3 is 2.60 bits per heavy atom. The summed E-state index contributed by atoms with van der Waals surface area (Å²) in [4.78, 5) is 54.9. The second-order valence-corrected chi connectivity index (χ2v) is 14.4. The maximum absolute atomic E-state index is 13.8. The Kier molecular flexibility index (Phi) is 12.3. The molecule has 0 saturated carbocycles. The third-order valence-corrected chi connectivity index (χ3v) is 10.9. The first-order chi connectivity index (χ1) is 23.5. The van der Waals surface area contributed by atoms with Gasteiger partial charge >= 0.3 is 12.1 Å². The number of allylic oxidation sites excluding steroid dienone is 3. The Balaban J connectivity index is 1.82. The molecule has 0 unspecified atom stereocenters. The van der Waals surface area contributed by atoms with Crippen LogP contribution in [-0.2, 0) is 35.0 Å². The Morgan fingerprint density at radius 1 is 1.28 bits per heavy atom. The minimum atomic E-state index is -1.90. The minimum absolute atomic E-state index is 0.0128. The van der Waals surface area contributed by atoms with Crippen molar-refractivity contribution in [3.05, 3.63) is 46.5 Å². The highest BCUT2D eigenvalue weighted by atomic mass is 35.5. The summed E-state index contributed by atoms with van der Waals surface area (Å²) in [6, 6.07) is 2.31. The molecule has 1 aromatic rings. The number of carbonyl (C=O) groups is 4. The quantitative estimate of drug-likeness (QED) is 0.225. The fourth-order valence-corrected chi connectivity index (χ4v) is 7.71. The van der Waals surface area contributed by atoms with E-state index in [1.165, 1.54) is 26.2 Å². The molecule has 3 N–H and O–H groups in total. The van der Waals surface area contributed by atoms with Crippen LogP contribution >= 0.6 is 24.2 Å². The molecule has 0 aromatic heterocycles. The van der Waals surface area contributed by atoms with Gasteiger partial charge in [0.1, 0.15) is 34.6 Å². The van der Waals surface area contributed by atoms with Crippen LogP contribution in [0.4, 0.5) is 10.5 Å². The number of aliphatic hydroxyl groups is 1. The molecular weight excluding hydrogens is 690 g/mol. The molecule has 13 nitrogen and oxygen atoms in total. The predicted octanol–water partition coefficient (Wildman–Crippen LogP) is 4.14. The molecule has 15 heteroatoms. The monoisotopic (exact) mass is 737 g/mol. The topological polar surface area (TPSA) is 167 Å². The van der Waals surface area contributed by atoms with Gasteiger partial charge in [-0.25, -0.2) is 9.59 Å². The van der Waals surface area contributed by atoms with E-state index in [9.17, 15) is 29.4 Å². The van der Waals surface area contributed by atoms with E-state index in [0.29, 0.717) is 17.9 Å². The van der Waals surface area contributed by atoms with E-state index in [2.05, 4.69) is 17.9 Å². The van der Waals surface area contributed by atoms with Gasteiger partial charge < -0.3 is 39.0 Å². The summed E-state index contributed by atoms with van der Waals surface area (Å²) < 4.78 is 23.4. The molecule has 1 aromatic carbocycles. The molecule has 276 valence electrons. The number of methoxy groups -OCH3 is 2. The number of likely N-dealkylation sites (N-methyl/N-ethyl adjacent to an activating group) is 1. The Bertz CT molecular complexity index is 1560. The number of rotatable bonds is 8. The third kappa shape index (κ3) is 7.94. The summed E-state index contributed by atoms with van der Waals surface area (Å²) in [6.07, 6.45) is 2.68. The standard InChI is InChI=1S/C35H48ClN3O10S/c1-20-9-8-10-27(47-7)35(45)19-26(48-32(44)37-35)21(2)34(18-24(31(42)43)39(5)29(41)12-14-50)33(3,49-34)13-11-28(40)38(4)23-16-22(15-20)17-25(46-6)30(23)36/h8-10,16-17,21,24,26-27,45,50H,11-15,18-19H2,1-7H3,(H,37,44)(H,42,43)/b10-8+,20-9+/t21-,24+,26+,27-,33+,34+,35+/m1/s1. The average molecular weight is 738 g/mol. The van der Waals surface area contributed by atoms with Gasteiger partial charge in [0.05, 0.1) is 18.4 Å². The summed E-state index contributed by atoms with van der Waals surface area (Å²) in [7, 11) is 5.94. The first kappa shape index (κ1) is 39.5. The van der Waals surface area contributed by atoms with Crippen molar-refractivity contribution < 1.29 is 48.3 Å². The van der Waals surface area contributed by atoms with Crippen molar-refractivity contribution >= 4 is 53.8 Å². The highest BCUT2D eigenvalue weighted by molar-refractivity contribution is 7.80. The fraction of sp³-hybridized carbons (Fsp3) is 0.600. The van der Waals surface area contributed by atoms with E-state index in [0.717, 1.165) is 16.0 Å². The highest BCUT2D eigenvalue weighted by Gasteiger charge is 2.72. The van der Waals surface area contributed by atoms with Gasteiger partial charge in [-0.3, -0.25) is 14.9 Å². The fourth-order valence-electron chi connectivity index (χ4n) is 7.20. The second-order valence-electron chi connectivity index (χ2n) is 13.6. The van der Waals surface area contributed by atoms with E-state index < -0.39 is 59.1 Å². The lowest BCUT2D eigenvalue weighted by molar-refractivity contribution is -0.153. The number of carboxylic acid groups (broad SMARTS) is 1. The maximum atomic E-state index is 13.8. The zero-order chi connectivity index (χ0) is 37.2. The van der Waals surface area contributed by atoms with E-state index in [-0.39, 0.29) is 48.8 Å². The molecule has 4 rings (SSSR count). The van der Waals surface area contributed by atoms with Crippen molar-refractivity contribution in [3.8, 4) is 5.75 Å². The average Bonchev–Trinajstić information content (AvgIpc) is 3.67. The van der Waals surface area contributed by atoms with Crippen LogP contribution in [-0.4, -0.2) is 108 Å². The second kappa shape index (κ2) is 15.5. The number of benzene rings is 1. The third-order valence-electron chi connectivity index (χ3n) is 10.3. The summed E-state index contributed by atoms with van der Waals surface area (Å²) >= 11 is 10.8. The lowest BCUT2D eigenvalue weighted by atomic mass is 9.72. The number of nitrogens with zero attached hydrogens (tertiary/aromatic N) is 2. The van der Waals surface area contributed by atoms with Gasteiger partial charge in [0, 0.05) is 52.8 Å². The number of alkyl carbamates (subject to hydrolysis) is 1. The first-order valence-corrected chi connectivity index (χ1v) is 17.5. The van der Waals surface area contributed by atoms with Crippen molar-refractivity contribution in [3.63, 3.8) is 0 Å². The zero-order valence-corrected chi connectivity index (χ0v) is 31.2. The van der Waals surface area contributed by atoms with Crippen LogP contribution in [0.25, 0.3) is 0 Å². The van der Waals surface area contributed by atoms with E-state index in [1.807, 2.05) is 19.1 Å². The van der Waals surface area contributed by atoms with Gasteiger partial charge in [-0.2, -0.15) is 12.6 Å². The minimum Gasteiger partial charge on any atom is -0.495 e. The van der Waals surface area contributed by atoms with Crippen LogP contribution in [0, 0.1) is 5.92 Å². The lowest BCUT2D eigenvalue weighted by Gasteiger charge is -2.43. The smallest absolute Gasteiger partial charge is 0.409 e. The largest absolute Gasteiger partial charge is 0.495 e. The van der Waals surface area contributed by atoms with Crippen molar-refractivity contribution in [2.45, 2.75) is 94.5 Å². The normalized spacial score (nSPS) is 32.4. The van der Waals surface area contributed by atoms with Crippen LogP contribution < -0.4 is 15.0 Å². The Labute approximate surface area is 303 Å². The SMILES string of the molecule is COc1cc2cc(c1Cl)N(C)C(=O)CC[C@]1(C)O[C@@]1(C[C@@H](C(=O)O)N(C)C(=O)CCS)[C@H](C)[C@@H]1C[C@@](O)(NC(=O)O1)[C@H](OC)/C=C/C=C(\C)C2. The summed E-state index contributed by atoms with van der Waals surface area (Å²) in [5.74, 6) is -2.02. The van der Waals surface area contributed by atoms with E-state index in [1.54, 1.807) is 39.1 Å². The van der Waals surface area contributed by atoms with Crippen LogP contribution in [0.1, 0.15) is 58.4 Å². The molecule has 7 atom stereocenters. The van der Waals surface area contributed by atoms with Crippen LogP contribution in [0.5, 0.6) is 5.75 Å². The molecule has 3 amide bonds. The number of ether oxygens (including phenoxy) is 4. The van der Waals surface area contributed by atoms with E-state index >= 15 is 0 Å². The van der Waals surface area contributed by atoms with Crippen molar-refractivity contribution in [2.75, 3.05) is 39.0 Å². The number of nitrogens with one attached hydrogen (secondary N) is 1. The van der Waals surface area contributed by atoms with Crippen LogP contribution in [0.2, 0.25) is 5.02 Å². The molecule has 3 aliphatic rings. The number of fused-ring (bicyclic) bond motifs is 5. The molecule has 0 aliphatic carbocycles. The number of anilines is 1. The van der Waals surface area contributed by atoms with Gasteiger partial charge in [-0.15, -0.1) is 0 Å². The molecule has 4 bridgehead atoms. The number of amides is 3. The van der Waals surface area contributed by atoms with Gasteiger partial charge in [0.25, 0.3) is 0 Å². The number of carboxylic acids is 1. The Hall–Kier alpha value is -3.30. The summed E-state index contributed by atoms with van der Waals surface area (Å²) in [6.45, 7) is 5.45. The van der Waals surface area contributed by atoms with Crippen LogP contribution in [0.15, 0.2) is 35.9 Å². The molecule has 2 fully saturated rings. The molecular formula is C35H48ClN3O10S. The number of carbonyl (C=O) groups excluding carboxylic acids is 3. The van der Waals surface area contributed by atoms with Gasteiger partial charge in [-0.05, 0) is 50.1 Å². The number of hydrogen-bond donors (Lipinski definition) is 4. The predicted molar refractivity (Wildman–Crippen MR) is 190 cm³/mol. The van der Waals surface area contributed by atoms with Gasteiger partial charge in [-0.1, -0.05) is 42.3 Å². The molecule has 3 heterocycles. The van der Waals surface area contributed by atoms with Crippen LogP contribution in [0.3, 0.4) is 0 Å². The molecule has 2 saturated heterocycles. The number of hydrogen-bond acceptors (Lipinski definition) is 10. The summed E-state index contributed by atoms with van der Waals surface area (Å²) in [5, 5.41) is 25.0. The zero-order valence-electron chi connectivity index (χ0n) is 29.5. The van der Waals surface area contributed by atoms with Crippen molar-refractivity contribution in [1.82, 2.24) is 10.2 Å². The molecule has 0 spiro atoms. The summed E-state index contributed by atoms with van der Waals surface area (Å²) in [5.41, 5.74) is -2.06. The molecule has 3 aliphatic heterocycles. The number of thiol groups is 1. The lowest BCUT2D eigenvalue weighted by Crippen LogP contribution is -2.64. The van der Waals surface area contributed by atoms with Gasteiger partial charge in [0.2, 0.25) is 11.8 Å². The van der Waals surface area contributed by atoms with Crippen molar-refractivity contribution in [2.24, 2.45) is 5.92 Å². The van der Waals surface area contributed by atoms with Crippen molar-refractivity contribution in [1.29, 1.82) is 0 Å². The molecule has 0 radical (unpaired) electrons. The van der Waals surface area contributed by atoms with E-state index in [4.69, 9.17) is 30.5 Å². The number of epoxide rings is 1. The highest BCUT2D eigenvalue weighted by Crippen LogP contribution is 2.60. The Morgan fingerprint density at radius 2 is 1.98 bits per heavy atom. The maximum Gasteiger partial charge on any atom is 0.409 e. The first-order valence-electron chi connectivity index (χ1n) is 16.5. The van der Waals surface area contributed by atoms with Gasteiger partial charge in [0.15, 0.2) is 5.72 Å². The number of halogens is 1. The number of aliphatic carboxylic acids is 1. The molecule has 50 heavy (non-hydrogen) atoms.